The summed E-state index contributed by atoms with van der Waals surface area (Å²) in [6.45, 7) is 8.01. The minimum absolute atomic E-state index is 0.0962. The van der Waals surface area contributed by atoms with Gasteiger partial charge in [0.15, 0.2) is 0 Å². The molecule has 1 fully saturated rings. The van der Waals surface area contributed by atoms with E-state index in [0.717, 1.165) is 25.2 Å². The van der Waals surface area contributed by atoms with Crippen molar-refractivity contribution in [1.82, 2.24) is 10.2 Å². The zero-order valence-electron chi connectivity index (χ0n) is 16.8. The minimum atomic E-state index is -3.80. The van der Waals surface area contributed by atoms with Crippen molar-refractivity contribution in [2.24, 2.45) is 0 Å². The third kappa shape index (κ3) is 5.79. The first-order chi connectivity index (χ1) is 13.8. The highest BCUT2D eigenvalue weighted by atomic mass is 32.2. The fraction of sp³-hybridized carbons (Fsp3) is 0.381. The van der Waals surface area contributed by atoms with Crippen molar-refractivity contribution in [2.75, 3.05) is 44.1 Å². The standard InChI is InChI=1S/C21H27N3O4S/c1-16-3-7-19(8-4-16)23-29(26,27)20-15-18(6-5-17(20)2)21(25)22-9-10-24-11-13-28-14-12-24/h3-8,15,23H,9-14H2,1-2H3,(H,22,25). The highest BCUT2D eigenvalue weighted by Crippen LogP contribution is 2.21. The fourth-order valence-corrected chi connectivity index (χ4v) is 4.45. The molecule has 7 nitrogen and oxygen atoms in total. The Morgan fingerprint density at radius 2 is 1.76 bits per heavy atom. The molecular formula is C21H27N3O4S. The summed E-state index contributed by atoms with van der Waals surface area (Å²) in [6.07, 6.45) is 0. The lowest BCUT2D eigenvalue weighted by Gasteiger charge is -2.26. The molecule has 2 N–H and O–H groups in total. The second kappa shape index (κ2) is 9.39. The lowest BCUT2D eigenvalue weighted by molar-refractivity contribution is 0.0383. The van der Waals surface area contributed by atoms with E-state index in [9.17, 15) is 13.2 Å². The van der Waals surface area contributed by atoms with Crippen LogP contribution in [0.5, 0.6) is 0 Å². The lowest BCUT2D eigenvalue weighted by Crippen LogP contribution is -2.41. The minimum Gasteiger partial charge on any atom is -0.379 e. The van der Waals surface area contributed by atoms with Crippen LogP contribution < -0.4 is 10.0 Å². The Bertz CT molecular complexity index is 952. The maximum absolute atomic E-state index is 12.8. The zero-order valence-corrected chi connectivity index (χ0v) is 17.6. The molecule has 1 aliphatic rings. The number of rotatable bonds is 7. The molecule has 1 saturated heterocycles. The van der Waals surface area contributed by atoms with Gasteiger partial charge in [-0.3, -0.25) is 14.4 Å². The number of amides is 1. The van der Waals surface area contributed by atoms with Gasteiger partial charge in [0.1, 0.15) is 0 Å². The van der Waals surface area contributed by atoms with Crippen LogP contribution in [0.1, 0.15) is 21.5 Å². The first kappa shape index (κ1) is 21.3. The Labute approximate surface area is 172 Å². The first-order valence-corrected chi connectivity index (χ1v) is 11.1. The molecule has 0 aromatic heterocycles. The third-order valence-corrected chi connectivity index (χ3v) is 6.38. The predicted octanol–water partition coefficient (Wildman–Crippen LogP) is 2.17. The molecule has 2 aromatic carbocycles. The van der Waals surface area contributed by atoms with E-state index in [1.54, 1.807) is 31.2 Å². The lowest BCUT2D eigenvalue weighted by atomic mass is 10.1. The molecule has 8 heteroatoms. The Morgan fingerprint density at radius 3 is 2.45 bits per heavy atom. The number of carbonyl (C=O) groups is 1. The molecule has 1 heterocycles. The number of sulfonamides is 1. The van der Waals surface area contributed by atoms with Gasteiger partial charge in [0, 0.05) is 37.4 Å². The number of hydrogen-bond donors (Lipinski definition) is 2. The number of nitrogens with one attached hydrogen (secondary N) is 2. The maximum Gasteiger partial charge on any atom is 0.262 e. The average Bonchev–Trinajstić information content (AvgIpc) is 2.70. The van der Waals surface area contributed by atoms with E-state index in [4.69, 9.17) is 4.74 Å². The van der Waals surface area contributed by atoms with Gasteiger partial charge >= 0.3 is 0 Å². The van der Waals surface area contributed by atoms with Gasteiger partial charge in [-0.1, -0.05) is 23.8 Å². The van der Waals surface area contributed by atoms with Crippen molar-refractivity contribution >= 4 is 21.6 Å². The molecular weight excluding hydrogens is 390 g/mol. The summed E-state index contributed by atoms with van der Waals surface area (Å²) >= 11 is 0. The van der Waals surface area contributed by atoms with Gasteiger partial charge in [0.05, 0.1) is 18.1 Å². The van der Waals surface area contributed by atoms with Gasteiger partial charge in [-0.2, -0.15) is 0 Å². The van der Waals surface area contributed by atoms with E-state index < -0.39 is 10.0 Å². The number of ether oxygens (including phenoxy) is 1. The molecule has 0 radical (unpaired) electrons. The molecule has 0 unspecified atom stereocenters. The van der Waals surface area contributed by atoms with E-state index >= 15 is 0 Å². The predicted molar refractivity (Wildman–Crippen MR) is 113 cm³/mol. The molecule has 2 aromatic rings. The van der Waals surface area contributed by atoms with E-state index in [0.29, 0.717) is 36.6 Å². The first-order valence-electron chi connectivity index (χ1n) is 9.63. The van der Waals surface area contributed by atoms with Gasteiger partial charge in [-0.25, -0.2) is 8.42 Å². The Morgan fingerprint density at radius 1 is 1.07 bits per heavy atom. The molecule has 0 atom stereocenters. The van der Waals surface area contributed by atoms with Gasteiger partial charge in [0.2, 0.25) is 0 Å². The number of morpholine rings is 1. The van der Waals surface area contributed by atoms with Crippen molar-refractivity contribution in [3.8, 4) is 0 Å². The summed E-state index contributed by atoms with van der Waals surface area (Å²) in [5.74, 6) is -0.287. The van der Waals surface area contributed by atoms with Crippen LogP contribution >= 0.6 is 0 Å². The second-order valence-electron chi connectivity index (χ2n) is 7.16. The van der Waals surface area contributed by atoms with Crippen LogP contribution in [0.15, 0.2) is 47.4 Å². The molecule has 0 aliphatic carbocycles. The van der Waals surface area contributed by atoms with Crippen LogP contribution in [-0.2, 0) is 14.8 Å². The molecule has 1 aliphatic heterocycles. The second-order valence-corrected chi connectivity index (χ2v) is 8.81. The van der Waals surface area contributed by atoms with Crippen molar-refractivity contribution in [3.05, 3.63) is 59.2 Å². The molecule has 156 valence electrons. The highest BCUT2D eigenvalue weighted by Gasteiger charge is 2.19. The quantitative estimate of drug-likeness (QED) is 0.721. The number of anilines is 1. The summed E-state index contributed by atoms with van der Waals surface area (Å²) < 4.78 is 33.6. The van der Waals surface area contributed by atoms with Crippen LogP contribution in [0.4, 0.5) is 5.69 Å². The van der Waals surface area contributed by atoms with Crippen LogP contribution in [0.2, 0.25) is 0 Å². The van der Waals surface area contributed by atoms with Crippen LogP contribution in [0.25, 0.3) is 0 Å². The van der Waals surface area contributed by atoms with Crippen LogP contribution in [-0.4, -0.2) is 58.6 Å². The number of nitrogens with zero attached hydrogens (tertiary/aromatic N) is 1. The Kier molecular flexibility index (Phi) is 6.89. The number of hydrogen-bond acceptors (Lipinski definition) is 5. The Hall–Kier alpha value is -2.42. The zero-order chi connectivity index (χ0) is 20.9. The van der Waals surface area contributed by atoms with Gasteiger partial charge < -0.3 is 10.1 Å². The van der Waals surface area contributed by atoms with Crippen LogP contribution in [0, 0.1) is 13.8 Å². The molecule has 29 heavy (non-hydrogen) atoms. The largest absolute Gasteiger partial charge is 0.379 e. The van der Waals surface area contributed by atoms with Gasteiger partial charge in [0.25, 0.3) is 15.9 Å². The SMILES string of the molecule is Cc1ccc(NS(=O)(=O)c2cc(C(=O)NCCN3CCOCC3)ccc2C)cc1. The molecule has 0 spiro atoms. The molecule has 1 amide bonds. The van der Waals surface area contributed by atoms with Gasteiger partial charge in [-0.15, -0.1) is 0 Å². The van der Waals surface area contributed by atoms with E-state index in [-0.39, 0.29) is 10.8 Å². The van der Waals surface area contributed by atoms with E-state index in [2.05, 4.69) is 14.9 Å². The van der Waals surface area contributed by atoms with Crippen molar-refractivity contribution in [3.63, 3.8) is 0 Å². The van der Waals surface area contributed by atoms with Crippen molar-refractivity contribution < 1.29 is 17.9 Å². The monoisotopic (exact) mass is 417 g/mol. The summed E-state index contributed by atoms with van der Waals surface area (Å²) in [6, 6.07) is 11.8. The third-order valence-electron chi connectivity index (χ3n) is 4.86. The topological polar surface area (TPSA) is 87.7 Å². The summed E-state index contributed by atoms with van der Waals surface area (Å²) in [5.41, 5.74) is 2.42. The molecule has 0 saturated carbocycles. The maximum atomic E-state index is 12.8. The smallest absolute Gasteiger partial charge is 0.262 e. The van der Waals surface area contributed by atoms with Gasteiger partial charge in [-0.05, 0) is 43.7 Å². The highest BCUT2D eigenvalue weighted by molar-refractivity contribution is 7.92. The Balaban J connectivity index is 1.67. The summed E-state index contributed by atoms with van der Waals surface area (Å²) in [5, 5.41) is 2.86. The number of benzene rings is 2. The molecule has 0 bridgehead atoms. The van der Waals surface area contributed by atoms with E-state index in [1.165, 1.54) is 6.07 Å². The van der Waals surface area contributed by atoms with Crippen LogP contribution in [0.3, 0.4) is 0 Å². The number of carbonyl (C=O) groups excluding carboxylic acids is 1. The summed E-state index contributed by atoms with van der Waals surface area (Å²) in [4.78, 5) is 14.8. The van der Waals surface area contributed by atoms with Crippen molar-refractivity contribution in [2.45, 2.75) is 18.7 Å². The van der Waals surface area contributed by atoms with E-state index in [1.807, 2.05) is 19.1 Å². The fourth-order valence-electron chi connectivity index (χ4n) is 3.12. The average molecular weight is 418 g/mol. The summed E-state index contributed by atoms with van der Waals surface area (Å²) in [7, 11) is -3.80. The van der Waals surface area contributed by atoms with Crippen molar-refractivity contribution in [1.29, 1.82) is 0 Å². The normalized spacial score (nSPS) is 15.1. The number of aryl methyl sites for hydroxylation is 2. The molecule has 3 rings (SSSR count).